The molecule has 104 valence electrons. The molecule has 2 aromatic carbocycles. The Balaban J connectivity index is 0.000000454. The van der Waals surface area contributed by atoms with Crippen LogP contribution in [0.3, 0.4) is 0 Å². The Morgan fingerprint density at radius 2 is 1.53 bits per heavy atom. The summed E-state index contributed by atoms with van der Waals surface area (Å²) in [6, 6.07) is 18.1. The average Bonchev–Trinajstić information content (AvgIpc) is 3.10. The number of hydrogen-bond acceptors (Lipinski definition) is 2. The van der Waals surface area contributed by atoms with E-state index < -0.39 is 8.56 Å². The Kier molecular flexibility index (Phi) is 9.48. The first-order valence-electron chi connectivity index (χ1n) is 5.88. The zero-order chi connectivity index (χ0) is 13.3. The molecule has 0 N–H and O–H groups in total. The van der Waals surface area contributed by atoms with Crippen molar-refractivity contribution < 1.29 is 25.9 Å². The predicted octanol–water partition coefficient (Wildman–Crippen LogP) is 3.73. The third-order valence-corrected chi connectivity index (χ3v) is 5.03. The molecule has 0 fully saturated rings. The fourth-order valence-electron chi connectivity index (χ4n) is 1.29. The van der Waals surface area contributed by atoms with Gasteiger partial charge in [-0.3, -0.25) is 0 Å². The van der Waals surface area contributed by atoms with Gasteiger partial charge in [0.05, 0.1) is 0 Å². The van der Waals surface area contributed by atoms with Gasteiger partial charge in [0, 0.05) is 14.2 Å². The first-order chi connectivity index (χ1) is 8.70. The van der Waals surface area contributed by atoms with Crippen LogP contribution in [0, 0.1) is 0 Å². The second-order valence-electron chi connectivity index (χ2n) is 3.94. The van der Waals surface area contributed by atoms with E-state index in [4.69, 9.17) is 8.85 Å². The van der Waals surface area contributed by atoms with Crippen molar-refractivity contribution in [2.24, 2.45) is 0 Å². The van der Waals surface area contributed by atoms with Crippen LogP contribution in [-0.4, -0.2) is 22.8 Å². The molecule has 0 saturated heterocycles. The molecule has 0 amide bonds. The van der Waals surface area contributed by atoms with Crippen LogP contribution in [0.2, 0.25) is 6.55 Å². The molecule has 2 rings (SSSR count). The zero-order valence-electron chi connectivity index (χ0n) is 11.5. The van der Waals surface area contributed by atoms with Crippen LogP contribution in [0.4, 0.5) is 0 Å². The molecule has 0 radical (unpaired) electrons. The minimum atomic E-state index is -2.03. The third-order valence-electron chi connectivity index (χ3n) is 2.63. The first kappa shape index (κ1) is 18.1. The monoisotopic (exact) mass is 316 g/mol. The fraction of sp³-hybridized carbons (Fsp3) is 0.200. The molecule has 19 heavy (non-hydrogen) atoms. The summed E-state index contributed by atoms with van der Waals surface area (Å²) in [6.45, 7) is 2.01. The van der Waals surface area contributed by atoms with Gasteiger partial charge in [0.25, 0.3) is 0 Å². The van der Waals surface area contributed by atoms with Crippen molar-refractivity contribution in [2.75, 3.05) is 14.2 Å². The van der Waals surface area contributed by atoms with Gasteiger partial charge >= 0.3 is 25.6 Å². The van der Waals surface area contributed by atoms with E-state index in [1.807, 2.05) is 60.8 Å². The molecule has 0 spiro atoms. The molecule has 0 heterocycles. The molecule has 0 bridgehead atoms. The van der Waals surface area contributed by atoms with Gasteiger partial charge in [-0.2, -0.15) is 30.3 Å². The Labute approximate surface area is 127 Å². The number of hydrogen-bond donors (Lipinski definition) is 0. The van der Waals surface area contributed by atoms with E-state index in [-0.39, 0.29) is 17.1 Å². The Hall–Kier alpha value is -0.904. The van der Waals surface area contributed by atoms with Crippen LogP contribution in [0.25, 0.3) is 6.08 Å². The van der Waals surface area contributed by atoms with Crippen LogP contribution in [-0.2, 0) is 25.9 Å². The van der Waals surface area contributed by atoms with E-state index in [0.717, 1.165) is 0 Å². The Morgan fingerprint density at radius 1 is 1.00 bits per heavy atom. The summed E-state index contributed by atoms with van der Waals surface area (Å²) < 4.78 is 10.6. The van der Waals surface area contributed by atoms with E-state index in [1.165, 1.54) is 5.56 Å². The quantitative estimate of drug-likeness (QED) is 0.632. The van der Waals surface area contributed by atoms with Gasteiger partial charge in [-0.05, 0) is 6.55 Å². The summed E-state index contributed by atoms with van der Waals surface area (Å²) in [4.78, 5) is 0. The van der Waals surface area contributed by atoms with Crippen molar-refractivity contribution in [3.63, 3.8) is 0 Å². The standard InChI is InChI=1S/C10H15O2Si.C5H5.Fe/c1-11-13(3,12-2)9-8-10-6-4-5-7-10;1-2-4-5-3-1;/h4-9H,1-3H3;1-5H;/q2*-1;+2/b9-8-;;. The van der Waals surface area contributed by atoms with E-state index >= 15 is 0 Å². The van der Waals surface area contributed by atoms with Crippen LogP contribution in [0.15, 0.2) is 60.3 Å². The average molecular weight is 316 g/mol. The first-order valence-corrected chi connectivity index (χ1v) is 8.27. The van der Waals surface area contributed by atoms with Gasteiger partial charge in [0.15, 0.2) is 0 Å². The van der Waals surface area contributed by atoms with E-state index in [2.05, 4.69) is 12.1 Å². The van der Waals surface area contributed by atoms with Gasteiger partial charge in [-0.25, -0.2) is 12.1 Å². The minimum Gasteiger partial charge on any atom is -0.401 e. The predicted molar refractivity (Wildman–Crippen MR) is 78.7 cm³/mol. The van der Waals surface area contributed by atoms with Gasteiger partial charge in [-0.15, -0.1) is 29.5 Å². The molecule has 0 aliphatic heterocycles. The summed E-state index contributed by atoms with van der Waals surface area (Å²) in [7, 11) is 1.34. The van der Waals surface area contributed by atoms with Gasteiger partial charge in [0.1, 0.15) is 0 Å². The van der Waals surface area contributed by atoms with Crippen molar-refractivity contribution in [3.8, 4) is 0 Å². The second kappa shape index (κ2) is 9.95. The van der Waals surface area contributed by atoms with Crippen LogP contribution in [0.1, 0.15) is 5.56 Å². The van der Waals surface area contributed by atoms with Crippen LogP contribution >= 0.6 is 0 Å². The smallest absolute Gasteiger partial charge is 0.401 e. The topological polar surface area (TPSA) is 18.5 Å². The van der Waals surface area contributed by atoms with Crippen LogP contribution in [0.5, 0.6) is 0 Å². The van der Waals surface area contributed by atoms with Crippen molar-refractivity contribution >= 4 is 14.6 Å². The van der Waals surface area contributed by atoms with E-state index in [1.54, 1.807) is 14.2 Å². The van der Waals surface area contributed by atoms with Gasteiger partial charge < -0.3 is 8.85 Å². The zero-order valence-corrected chi connectivity index (χ0v) is 13.6. The number of rotatable bonds is 4. The van der Waals surface area contributed by atoms with E-state index in [0.29, 0.717) is 0 Å². The van der Waals surface area contributed by atoms with E-state index in [9.17, 15) is 0 Å². The second-order valence-corrected chi connectivity index (χ2v) is 7.12. The molecule has 2 aromatic rings. The molecule has 4 heteroatoms. The summed E-state index contributed by atoms with van der Waals surface area (Å²) >= 11 is 0. The molecule has 0 atom stereocenters. The molecule has 0 aliphatic rings. The SMILES string of the molecule is CO[Si](C)(/C=C\[c-]1cccc1)OC.[Fe+2].c1cc[cH-]c1. The van der Waals surface area contributed by atoms with Crippen molar-refractivity contribution in [1.82, 2.24) is 0 Å². The van der Waals surface area contributed by atoms with Crippen molar-refractivity contribution in [2.45, 2.75) is 6.55 Å². The molecular formula is C15H20FeO2Si. The molecular weight excluding hydrogens is 296 g/mol. The molecule has 0 aromatic heterocycles. The summed E-state index contributed by atoms with van der Waals surface area (Å²) in [6.07, 6.45) is 2.04. The third kappa shape index (κ3) is 7.30. The van der Waals surface area contributed by atoms with Gasteiger partial charge in [-0.1, -0.05) is 0 Å². The maximum Gasteiger partial charge on any atom is 2.00 e. The normalized spacial score (nSPS) is 10.7. The maximum atomic E-state index is 5.32. The summed E-state index contributed by atoms with van der Waals surface area (Å²) in [5, 5.41) is 0. The molecule has 0 unspecified atom stereocenters. The fourth-order valence-corrected chi connectivity index (χ4v) is 2.22. The maximum absolute atomic E-state index is 5.32. The molecule has 2 nitrogen and oxygen atoms in total. The molecule has 0 aliphatic carbocycles. The Morgan fingerprint density at radius 3 is 1.89 bits per heavy atom. The summed E-state index contributed by atoms with van der Waals surface area (Å²) in [5.74, 6) is 0. The van der Waals surface area contributed by atoms with Crippen LogP contribution < -0.4 is 0 Å². The summed E-state index contributed by atoms with van der Waals surface area (Å²) in [5.41, 5.74) is 3.22. The molecule has 0 saturated carbocycles. The largest absolute Gasteiger partial charge is 2.00 e. The van der Waals surface area contributed by atoms with Crippen molar-refractivity contribution in [1.29, 1.82) is 0 Å². The minimum absolute atomic E-state index is 0. The van der Waals surface area contributed by atoms with Gasteiger partial charge in [0.2, 0.25) is 0 Å². The Bertz CT molecular complexity index is 400. The van der Waals surface area contributed by atoms with Crippen molar-refractivity contribution in [3.05, 3.63) is 65.9 Å².